The van der Waals surface area contributed by atoms with Gasteiger partial charge in [-0.05, 0) is 99.5 Å². The quantitative estimate of drug-likeness (QED) is 0.467. The van der Waals surface area contributed by atoms with Crippen molar-refractivity contribution in [2.24, 2.45) is 29.1 Å². The van der Waals surface area contributed by atoms with E-state index >= 15 is 0 Å². The van der Waals surface area contributed by atoms with Crippen LogP contribution in [0.1, 0.15) is 91.9 Å². The molecule has 3 aliphatic carbocycles. The molecule has 0 aromatic heterocycles. The molecule has 0 amide bonds. The van der Waals surface area contributed by atoms with Crippen LogP contribution in [0, 0.1) is 29.1 Å². The van der Waals surface area contributed by atoms with Crippen LogP contribution in [0.2, 0.25) is 0 Å². The molecule has 0 heterocycles. The molecule has 0 bridgehead atoms. The highest BCUT2D eigenvalue weighted by atomic mass is 16.3. The maximum Gasteiger partial charge on any atom is 0.0591 e. The third-order valence-corrected chi connectivity index (χ3v) is 8.81. The molecule has 3 saturated carbocycles. The van der Waals surface area contributed by atoms with Gasteiger partial charge in [-0.2, -0.15) is 0 Å². The van der Waals surface area contributed by atoms with Gasteiger partial charge >= 0.3 is 0 Å². The van der Waals surface area contributed by atoms with E-state index in [4.69, 9.17) is 0 Å². The van der Waals surface area contributed by atoms with E-state index in [0.29, 0.717) is 30.1 Å². The Labute approximate surface area is 190 Å². The van der Waals surface area contributed by atoms with E-state index in [1.54, 1.807) is 5.57 Å². The zero-order valence-corrected chi connectivity index (χ0v) is 20.4. The summed E-state index contributed by atoms with van der Waals surface area (Å²) in [6.45, 7) is 13.1. The Morgan fingerprint density at radius 3 is 2.68 bits per heavy atom. The highest BCUT2D eigenvalue weighted by molar-refractivity contribution is 5.38. The van der Waals surface area contributed by atoms with Gasteiger partial charge in [-0.15, -0.1) is 0 Å². The largest absolute Gasteiger partial charge is 0.396 e. The fourth-order valence-corrected chi connectivity index (χ4v) is 7.04. The van der Waals surface area contributed by atoms with Crippen LogP contribution in [-0.2, 0) is 0 Å². The first-order chi connectivity index (χ1) is 14.5. The van der Waals surface area contributed by atoms with Crippen molar-refractivity contribution < 1.29 is 15.3 Å². The lowest BCUT2D eigenvalue weighted by Gasteiger charge is -2.44. The van der Waals surface area contributed by atoms with Gasteiger partial charge in [0.15, 0.2) is 0 Å². The Hall–Kier alpha value is -0.900. The molecule has 0 aromatic carbocycles. The third kappa shape index (κ3) is 5.72. The van der Waals surface area contributed by atoms with E-state index in [2.05, 4.69) is 32.6 Å². The van der Waals surface area contributed by atoms with Gasteiger partial charge in [-0.3, -0.25) is 0 Å². The molecular formula is C28H46O3. The van der Waals surface area contributed by atoms with Gasteiger partial charge in [0.05, 0.1) is 18.3 Å². The number of aliphatic hydroxyl groups is 3. The van der Waals surface area contributed by atoms with Gasteiger partial charge in [0, 0.05) is 5.92 Å². The molecule has 3 rings (SSSR count). The molecule has 3 unspecified atom stereocenters. The van der Waals surface area contributed by atoms with Gasteiger partial charge in [-0.1, -0.05) is 51.0 Å². The van der Waals surface area contributed by atoms with Gasteiger partial charge in [0.25, 0.3) is 0 Å². The van der Waals surface area contributed by atoms with Gasteiger partial charge in [0.1, 0.15) is 0 Å². The second-order valence-corrected chi connectivity index (χ2v) is 11.7. The summed E-state index contributed by atoms with van der Waals surface area (Å²) in [5.41, 5.74) is 3.54. The predicted octanol–water partition coefficient (Wildman–Crippen LogP) is 5.95. The van der Waals surface area contributed by atoms with E-state index in [0.717, 1.165) is 29.9 Å². The van der Waals surface area contributed by atoms with Gasteiger partial charge < -0.3 is 15.3 Å². The zero-order valence-electron chi connectivity index (χ0n) is 20.4. The summed E-state index contributed by atoms with van der Waals surface area (Å²) in [6.07, 6.45) is 15.0. The van der Waals surface area contributed by atoms with Crippen molar-refractivity contribution >= 4 is 0 Å². The molecule has 0 aliphatic heterocycles. The number of hydrogen-bond donors (Lipinski definition) is 3. The summed E-state index contributed by atoms with van der Waals surface area (Å²) in [7, 11) is 0. The molecule has 0 spiro atoms. The Morgan fingerprint density at radius 2 is 2.00 bits per heavy atom. The summed E-state index contributed by atoms with van der Waals surface area (Å²) in [5.74, 6) is 2.12. The van der Waals surface area contributed by atoms with Crippen LogP contribution in [0.15, 0.2) is 35.5 Å². The van der Waals surface area contributed by atoms with Crippen LogP contribution < -0.4 is 0 Å². The van der Waals surface area contributed by atoms with Crippen molar-refractivity contribution in [3.05, 3.63) is 35.5 Å². The number of fused-ring (bicyclic) bond motifs is 1. The highest BCUT2D eigenvalue weighted by Crippen LogP contribution is 2.60. The van der Waals surface area contributed by atoms with Crippen LogP contribution in [-0.4, -0.2) is 33.6 Å². The lowest BCUT2D eigenvalue weighted by atomic mass is 9.60. The van der Waals surface area contributed by atoms with Crippen molar-refractivity contribution in [3.63, 3.8) is 0 Å². The first kappa shape index (κ1) is 24.7. The highest BCUT2D eigenvalue weighted by Gasteiger charge is 2.50. The van der Waals surface area contributed by atoms with E-state index in [9.17, 15) is 15.3 Å². The lowest BCUT2D eigenvalue weighted by molar-refractivity contribution is 0.0596. The van der Waals surface area contributed by atoms with Crippen LogP contribution >= 0.6 is 0 Å². The number of aliphatic hydroxyl groups excluding tert-OH is 2. The maximum atomic E-state index is 10.2. The summed E-state index contributed by atoms with van der Waals surface area (Å²) in [4.78, 5) is 0. The number of rotatable bonds is 7. The van der Waals surface area contributed by atoms with E-state index in [1.165, 1.54) is 38.5 Å². The maximum absolute atomic E-state index is 10.2. The van der Waals surface area contributed by atoms with Crippen molar-refractivity contribution in [2.45, 2.75) is 104 Å². The summed E-state index contributed by atoms with van der Waals surface area (Å²) in [5, 5.41) is 29.9. The summed E-state index contributed by atoms with van der Waals surface area (Å²) < 4.78 is 0. The standard InChI is InChI=1S/C28H46O3/c1-19(8-6-14-27(3,4)31)25-12-13-26-21(9-7-15-28(25,26)5)10-11-22-16-24(30)17-23(18-29)20(22)2/h10-11,19,23-26,29-31H,2,6-9,12-18H2,1,3-5H3/b21-10+,22-11-/t19-,23+,24?,25?,26+,28?/m1/s1. The topological polar surface area (TPSA) is 60.7 Å². The zero-order chi connectivity index (χ0) is 22.8. The van der Waals surface area contributed by atoms with Crippen molar-refractivity contribution in [2.75, 3.05) is 6.61 Å². The minimum Gasteiger partial charge on any atom is -0.396 e. The molecule has 3 aliphatic rings. The Kier molecular flexibility index (Phi) is 7.92. The monoisotopic (exact) mass is 430 g/mol. The molecule has 0 radical (unpaired) electrons. The SMILES string of the molecule is C=C1/C(=C\C=C2/CCCC3(C)C([C@H](C)CCCC(C)(C)O)CC[C@@H]23)CC(O)C[C@H]1CO. The van der Waals surface area contributed by atoms with Crippen molar-refractivity contribution in [1.82, 2.24) is 0 Å². The van der Waals surface area contributed by atoms with Crippen LogP contribution in [0.3, 0.4) is 0 Å². The number of allylic oxidation sites excluding steroid dienone is 3. The van der Waals surface area contributed by atoms with E-state index in [1.807, 2.05) is 13.8 Å². The minimum absolute atomic E-state index is 0.00868. The molecule has 6 atom stereocenters. The number of hydrogen-bond acceptors (Lipinski definition) is 3. The molecule has 3 heteroatoms. The first-order valence-corrected chi connectivity index (χ1v) is 12.6. The van der Waals surface area contributed by atoms with Gasteiger partial charge in [0.2, 0.25) is 0 Å². The van der Waals surface area contributed by atoms with E-state index in [-0.39, 0.29) is 18.6 Å². The van der Waals surface area contributed by atoms with Crippen LogP contribution in [0.5, 0.6) is 0 Å². The second-order valence-electron chi connectivity index (χ2n) is 11.7. The van der Waals surface area contributed by atoms with Crippen molar-refractivity contribution in [3.8, 4) is 0 Å². The predicted molar refractivity (Wildman–Crippen MR) is 129 cm³/mol. The third-order valence-electron chi connectivity index (χ3n) is 8.81. The van der Waals surface area contributed by atoms with E-state index < -0.39 is 5.60 Å². The lowest BCUT2D eigenvalue weighted by Crippen LogP contribution is -2.36. The Morgan fingerprint density at radius 1 is 1.26 bits per heavy atom. The Bertz CT molecular complexity index is 698. The normalized spacial score (nSPS) is 38.0. The van der Waals surface area contributed by atoms with Gasteiger partial charge in [-0.25, -0.2) is 0 Å². The fraction of sp³-hybridized carbons (Fsp3) is 0.786. The van der Waals surface area contributed by atoms with Crippen LogP contribution in [0.25, 0.3) is 0 Å². The molecule has 3 N–H and O–H groups in total. The molecular weight excluding hydrogens is 384 g/mol. The smallest absolute Gasteiger partial charge is 0.0591 e. The molecule has 176 valence electrons. The second kappa shape index (κ2) is 9.93. The molecule has 0 saturated heterocycles. The van der Waals surface area contributed by atoms with Crippen LogP contribution in [0.4, 0.5) is 0 Å². The fourth-order valence-electron chi connectivity index (χ4n) is 7.04. The Balaban J connectivity index is 1.71. The minimum atomic E-state index is -0.554. The molecule has 3 nitrogen and oxygen atoms in total. The average Bonchev–Trinajstić information content (AvgIpc) is 3.04. The molecule has 0 aromatic rings. The molecule has 3 fully saturated rings. The molecule has 31 heavy (non-hydrogen) atoms. The summed E-state index contributed by atoms with van der Waals surface area (Å²) >= 11 is 0. The van der Waals surface area contributed by atoms with Crippen molar-refractivity contribution in [1.29, 1.82) is 0 Å². The first-order valence-electron chi connectivity index (χ1n) is 12.6. The summed E-state index contributed by atoms with van der Waals surface area (Å²) in [6, 6.07) is 0. The average molecular weight is 431 g/mol.